The van der Waals surface area contributed by atoms with Crippen molar-refractivity contribution in [2.75, 3.05) is 0 Å². The fourth-order valence-corrected chi connectivity index (χ4v) is 1.24. The van der Waals surface area contributed by atoms with Crippen molar-refractivity contribution < 1.29 is 5.11 Å². The fraction of sp³-hybridized carbons (Fsp3) is 0.100. The van der Waals surface area contributed by atoms with E-state index in [1.54, 1.807) is 18.3 Å². The molecule has 0 aliphatic heterocycles. The summed E-state index contributed by atoms with van der Waals surface area (Å²) in [6, 6.07) is 7.28. The molecular formula is C10H9NO. The maximum Gasteiger partial charge on any atom is 0.116 e. The van der Waals surface area contributed by atoms with E-state index in [0.717, 1.165) is 16.5 Å². The molecule has 0 radical (unpaired) electrons. The van der Waals surface area contributed by atoms with E-state index < -0.39 is 0 Å². The second kappa shape index (κ2) is 2.48. The number of benzene rings is 1. The molecule has 1 aromatic heterocycles. The lowest BCUT2D eigenvalue weighted by atomic mass is 10.1. The van der Waals surface area contributed by atoms with Gasteiger partial charge >= 0.3 is 0 Å². The molecule has 2 nitrogen and oxygen atoms in total. The van der Waals surface area contributed by atoms with Crippen LogP contribution < -0.4 is 0 Å². The molecule has 2 heteroatoms. The van der Waals surface area contributed by atoms with Crippen molar-refractivity contribution in [3.8, 4) is 5.75 Å². The maximum absolute atomic E-state index is 9.17. The standard InChI is InChI=1S/C10H9NO/c1-7-4-8-2-3-10(12)5-9(8)6-11-7/h2-6,12H,1H3. The maximum atomic E-state index is 9.17. The van der Waals surface area contributed by atoms with Crippen molar-refractivity contribution >= 4 is 10.8 Å². The van der Waals surface area contributed by atoms with E-state index >= 15 is 0 Å². The van der Waals surface area contributed by atoms with Crippen LogP contribution in [0.1, 0.15) is 5.69 Å². The van der Waals surface area contributed by atoms with Crippen LogP contribution in [0, 0.1) is 6.92 Å². The van der Waals surface area contributed by atoms with E-state index in [-0.39, 0.29) is 5.75 Å². The molecule has 0 aliphatic rings. The van der Waals surface area contributed by atoms with Crippen LogP contribution in [0.2, 0.25) is 0 Å². The average molecular weight is 159 g/mol. The van der Waals surface area contributed by atoms with Crippen molar-refractivity contribution in [3.05, 3.63) is 36.2 Å². The third-order valence-corrected chi connectivity index (χ3v) is 1.84. The highest BCUT2D eigenvalue weighted by Crippen LogP contribution is 2.19. The van der Waals surface area contributed by atoms with Gasteiger partial charge in [0.25, 0.3) is 0 Å². The zero-order valence-corrected chi connectivity index (χ0v) is 6.78. The Bertz CT molecular complexity index is 382. The van der Waals surface area contributed by atoms with Gasteiger partial charge in [-0.15, -0.1) is 0 Å². The summed E-state index contributed by atoms with van der Waals surface area (Å²) in [7, 11) is 0. The Labute approximate surface area is 70.5 Å². The largest absolute Gasteiger partial charge is 0.508 e. The van der Waals surface area contributed by atoms with Crippen molar-refractivity contribution in [1.82, 2.24) is 4.98 Å². The smallest absolute Gasteiger partial charge is 0.116 e. The zero-order valence-electron chi connectivity index (χ0n) is 6.78. The van der Waals surface area contributed by atoms with Gasteiger partial charge in [0.05, 0.1) is 0 Å². The highest BCUT2D eigenvalue weighted by Gasteiger charge is 1.94. The SMILES string of the molecule is Cc1cc2ccc(O)cc2cn1. The number of aromatic nitrogens is 1. The van der Waals surface area contributed by atoms with E-state index in [4.69, 9.17) is 0 Å². The summed E-state index contributed by atoms with van der Waals surface area (Å²) in [5, 5.41) is 11.3. The first-order valence-electron chi connectivity index (χ1n) is 3.81. The summed E-state index contributed by atoms with van der Waals surface area (Å²) in [5.41, 5.74) is 0.994. The number of hydrogen-bond donors (Lipinski definition) is 1. The topological polar surface area (TPSA) is 33.1 Å². The summed E-state index contributed by atoms with van der Waals surface area (Å²) in [5.74, 6) is 0.285. The second-order valence-electron chi connectivity index (χ2n) is 2.86. The minimum absolute atomic E-state index is 0.285. The monoisotopic (exact) mass is 159 g/mol. The molecule has 0 fully saturated rings. The van der Waals surface area contributed by atoms with E-state index in [0.29, 0.717) is 0 Å². The summed E-state index contributed by atoms with van der Waals surface area (Å²) in [6.45, 7) is 1.95. The third-order valence-electron chi connectivity index (χ3n) is 1.84. The van der Waals surface area contributed by atoms with E-state index in [1.165, 1.54) is 0 Å². The van der Waals surface area contributed by atoms with Crippen LogP contribution in [-0.2, 0) is 0 Å². The summed E-state index contributed by atoms with van der Waals surface area (Å²) in [6.07, 6.45) is 1.77. The van der Waals surface area contributed by atoms with Crippen molar-refractivity contribution in [3.63, 3.8) is 0 Å². The molecule has 0 saturated carbocycles. The number of phenols is 1. The second-order valence-corrected chi connectivity index (χ2v) is 2.86. The van der Waals surface area contributed by atoms with Crippen LogP contribution in [0.4, 0.5) is 0 Å². The molecule has 1 N–H and O–H groups in total. The molecule has 0 saturated heterocycles. The Morgan fingerprint density at radius 1 is 1.17 bits per heavy atom. The molecule has 2 aromatic rings. The Morgan fingerprint density at radius 3 is 2.83 bits per heavy atom. The van der Waals surface area contributed by atoms with Gasteiger partial charge < -0.3 is 5.11 Å². The number of rotatable bonds is 0. The van der Waals surface area contributed by atoms with E-state index in [1.807, 2.05) is 19.1 Å². The first-order valence-corrected chi connectivity index (χ1v) is 3.81. The van der Waals surface area contributed by atoms with Crippen molar-refractivity contribution in [2.24, 2.45) is 0 Å². The highest BCUT2D eigenvalue weighted by atomic mass is 16.3. The van der Waals surface area contributed by atoms with Gasteiger partial charge in [0.2, 0.25) is 0 Å². The van der Waals surface area contributed by atoms with Crippen molar-refractivity contribution in [1.29, 1.82) is 0 Å². The Balaban J connectivity index is 2.79. The number of aryl methyl sites for hydroxylation is 1. The number of fused-ring (bicyclic) bond motifs is 1. The van der Waals surface area contributed by atoms with Gasteiger partial charge in [-0.3, -0.25) is 4.98 Å². The molecule has 1 heterocycles. The predicted octanol–water partition coefficient (Wildman–Crippen LogP) is 2.25. The zero-order chi connectivity index (χ0) is 8.55. The molecule has 0 atom stereocenters. The number of hydrogen-bond acceptors (Lipinski definition) is 2. The van der Waals surface area contributed by atoms with Crippen molar-refractivity contribution in [2.45, 2.75) is 6.92 Å². The number of pyridine rings is 1. The van der Waals surface area contributed by atoms with Crippen LogP contribution in [0.5, 0.6) is 5.75 Å². The first kappa shape index (κ1) is 7.10. The van der Waals surface area contributed by atoms with Gasteiger partial charge in [-0.1, -0.05) is 6.07 Å². The number of nitrogens with zero attached hydrogens (tertiary/aromatic N) is 1. The Morgan fingerprint density at radius 2 is 2.00 bits per heavy atom. The van der Waals surface area contributed by atoms with Gasteiger partial charge in [0.15, 0.2) is 0 Å². The third kappa shape index (κ3) is 1.11. The van der Waals surface area contributed by atoms with Gasteiger partial charge in [-0.05, 0) is 30.5 Å². The lowest BCUT2D eigenvalue weighted by molar-refractivity contribution is 0.476. The molecule has 0 bridgehead atoms. The summed E-state index contributed by atoms with van der Waals surface area (Å²) >= 11 is 0. The lowest BCUT2D eigenvalue weighted by Crippen LogP contribution is -1.80. The number of aromatic hydroxyl groups is 1. The lowest BCUT2D eigenvalue weighted by Gasteiger charge is -1.98. The minimum atomic E-state index is 0.285. The minimum Gasteiger partial charge on any atom is -0.508 e. The molecule has 1 aromatic carbocycles. The van der Waals surface area contributed by atoms with Crippen LogP contribution >= 0.6 is 0 Å². The van der Waals surface area contributed by atoms with Gasteiger partial charge in [0, 0.05) is 17.3 Å². The molecule has 0 unspecified atom stereocenters. The molecule has 12 heavy (non-hydrogen) atoms. The molecule has 2 rings (SSSR count). The Kier molecular flexibility index (Phi) is 1.47. The molecule has 0 amide bonds. The highest BCUT2D eigenvalue weighted by molar-refractivity contribution is 5.83. The van der Waals surface area contributed by atoms with Crippen LogP contribution in [-0.4, -0.2) is 10.1 Å². The fourth-order valence-electron chi connectivity index (χ4n) is 1.24. The summed E-state index contributed by atoms with van der Waals surface area (Å²) < 4.78 is 0. The quantitative estimate of drug-likeness (QED) is 0.639. The van der Waals surface area contributed by atoms with Gasteiger partial charge in [-0.25, -0.2) is 0 Å². The van der Waals surface area contributed by atoms with Gasteiger partial charge in [0.1, 0.15) is 5.75 Å². The molecule has 0 spiro atoms. The molecule has 60 valence electrons. The first-order chi connectivity index (χ1) is 5.75. The van der Waals surface area contributed by atoms with E-state index in [9.17, 15) is 5.11 Å². The molecular weight excluding hydrogens is 150 g/mol. The van der Waals surface area contributed by atoms with Gasteiger partial charge in [-0.2, -0.15) is 0 Å². The normalized spacial score (nSPS) is 10.4. The Hall–Kier alpha value is -1.57. The predicted molar refractivity (Wildman–Crippen MR) is 48.1 cm³/mol. The van der Waals surface area contributed by atoms with Crippen LogP contribution in [0.15, 0.2) is 30.5 Å². The van der Waals surface area contributed by atoms with Crippen LogP contribution in [0.25, 0.3) is 10.8 Å². The van der Waals surface area contributed by atoms with Crippen LogP contribution in [0.3, 0.4) is 0 Å². The average Bonchev–Trinajstić information content (AvgIpc) is 2.05. The van der Waals surface area contributed by atoms with E-state index in [2.05, 4.69) is 4.98 Å². The number of phenolic OH excluding ortho intramolecular Hbond substituents is 1. The summed E-state index contributed by atoms with van der Waals surface area (Å²) in [4.78, 5) is 4.14. The molecule has 0 aliphatic carbocycles.